The van der Waals surface area contributed by atoms with Crippen molar-refractivity contribution in [1.29, 1.82) is 0 Å². The number of hydrogen-bond donors (Lipinski definition) is 4. The summed E-state index contributed by atoms with van der Waals surface area (Å²) < 4.78 is 26.0. The summed E-state index contributed by atoms with van der Waals surface area (Å²) >= 11 is 12.0. The van der Waals surface area contributed by atoms with Crippen molar-refractivity contribution in [2.24, 2.45) is 0 Å². The highest BCUT2D eigenvalue weighted by Gasteiger charge is 2.63. The van der Waals surface area contributed by atoms with Crippen LogP contribution in [0, 0.1) is 0 Å². The van der Waals surface area contributed by atoms with Crippen molar-refractivity contribution in [2.45, 2.75) is 112 Å². The largest absolute Gasteiger partial charge is 0.378 e. The van der Waals surface area contributed by atoms with Crippen molar-refractivity contribution in [3.05, 3.63) is 382 Å². The molecule has 12 heteroatoms. The Morgan fingerprint density at radius 3 is 0.670 bits per heavy atom. The van der Waals surface area contributed by atoms with Crippen LogP contribution in [0.3, 0.4) is 0 Å². The number of hydrogen-bond acceptors (Lipinski definition) is 10. The molecule has 15 rings (SSSR count). The number of thiocarbonyl (C=S) groups is 2. The Kier molecular flexibility index (Phi) is 20.5. The Morgan fingerprint density at radius 1 is 0.300 bits per heavy atom. The van der Waals surface area contributed by atoms with Crippen LogP contribution in [-0.4, -0.2) is 79.5 Å². The van der Waals surface area contributed by atoms with Gasteiger partial charge in [-0.2, -0.15) is 0 Å². The van der Waals surface area contributed by atoms with E-state index in [1.807, 2.05) is 282 Å². The van der Waals surface area contributed by atoms with Gasteiger partial charge in [0.15, 0.2) is 11.6 Å². The first-order valence-corrected chi connectivity index (χ1v) is 35.2. The van der Waals surface area contributed by atoms with E-state index in [1.165, 1.54) is 22.5 Å². The van der Waals surface area contributed by atoms with Crippen molar-refractivity contribution in [1.82, 2.24) is 0 Å². The van der Waals surface area contributed by atoms with E-state index in [0.717, 1.165) is 59.9 Å². The first-order chi connectivity index (χ1) is 48.4. The Labute approximate surface area is 598 Å². The fourth-order valence-electron chi connectivity index (χ4n) is 14.9. The monoisotopic (exact) mass is 1360 g/mol. The quantitative estimate of drug-likeness (QED) is 0.0775. The minimum Gasteiger partial charge on any atom is -0.378 e. The van der Waals surface area contributed by atoms with Gasteiger partial charge in [0.05, 0.1) is 11.4 Å². The molecule has 0 radical (unpaired) electrons. The third-order valence-corrected chi connectivity index (χ3v) is 20.5. The van der Waals surface area contributed by atoms with Gasteiger partial charge in [-0.15, -0.1) is 0 Å². The number of anilines is 2. The number of ether oxygens (including phenoxy) is 4. The lowest BCUT2D eigenvalue weighted by molar-refractivity contribution is -0.172. The maximum Gasteiger partial charge on any atom is 0.164 e. The summed E-state index contributed by atoms with van der Waals surface area (Å²) in [7, 11) is 0. The van der Waals surface area contributed by atoms with Crippen LogP contribution in [0.2, 0.25) is 0 Å². The molecule has 11 aromatic rings. The average Bonchev–Trinajstić information content (AvgIpc) is 1.52. The molecular formula is C88H84N2O8S2. The van der Waals surface area contributed by atoms with Gasteiger partial charge in [-0.05, 0) is 109 Å². The highest BCUT2D eigenvalue weighted by atomic mass is 32.1. The zero-order valence-electron chi connectivity index (χ0n) is 56.7. The molecule has 11 aromatic carbocycles. The Bertz CT molecular complexity index is 3860. The summed E-state index contributed by atoms with van der Waals surface area (Å²) in [5, 5.41) is 50.4. The number of rotatable bonds is 14. The third-order valence-electron chi connectivity index (χ3n) is 19.6. The van der Waals surface area contributed by atoms with E-state index in [4.69, 9.17) is 43.4 Å². The van der Waals surface area contributed by atoms with E-state index in [9.17, 15) is 20.4 Å². The van der Waals surface area contributed by atoms with E-state index in [1.54, 1.807) is 0 Å². The molecule has 4 N–H and O–H groups in total. The summed E-state index contributed by atoms with van der Waals surface area (Å²) in [6.07, 6.45) is 0.648. The van der Waals surface area contributed by atoms with Crippen LogP contribution < -0.4 is 9.80 Å². The van der Waals surface area contributed by atoms with Gasteiger partial charge in [-0.25, -0.2) is 0 Å². The van der Waals surface area contributed by atoms with Crippen LogP contribution >= 0.6 is 24.4 Å². The highest BCUT2D eigenvalue weighted by Crippen LogP contribution is 2.53. The molecule has 100 heavy (non-hydrogen) atoms. The van der Waals surface area contributed by atoms with Crippen molar-refractivity contribution >= 4 is 45.8 Å². The second-order valence-electron chi connectivity index (χ2n) is 26.9. The molecule has 4 heterocycles. The van der Waals surface area contributed by atoms with E-state index in [2.05, 4.69) is 70.5 Å². The molecule has 0 unspecified atom stereocenters. The summed E-state index contributed by atoms with van der Waals surface area (Å²) in [6.45, 7) is 9.14. The van der Waals surface area contributed by atoms with Crippen LogP contribution in [-0.2, 0) is 54.2 Å². The Hall–Kier alpha value is -9.12. The third kappa shape index (κ3) is 13.7. The number of aliphatic hydroxyl groups is 4. The molecule has 506 valence electrons. The van der Waals surface area contributed by atoms with Gasteiger partial charge in [0.1, 0.15) is 56.8 Å². The van der Waals surface area contributed by atoms with E-state index in [0.29, 0.717) is 44.5 Å². The summed E-state index contributed by atoms with van der Waals surface area (Å²) in [5.74, 6) is -2.10. The molecule has 2 fully saturated rings. The lowest BCUT2D eigenvalue weighted by Gasteiger charge is -2.42. The van der Waals surface area contributed by atoms with Gasteiger partial charge in [0, 0.05) is 24.2 Å². The molecule has 0 aromatic heterocycles. The van der Waals surface area contributed by atoms with E-state index < -0.39 is 58.4 Å². The molecule has 0 spiro atoms. The maximum absolute atomic E-state index is 12.6. The van der Waals surface area contributed by atoms with Crippen LogP contribution in [0.25, 0.3) is 0 Å². The SMILES string of the molecule is CC1(C)O[C@@H](C(O)(c2ccccc2)c2ccccc2)[C@H](C(O)(c2ccccc2)c2ccccc2)O1.CC1(C)O[C@@H](C(O)(c2ccccc2)c2ccccc2)[C@H](C(O)(c2ccccc2)c2ccccc2)O1.S=C(c1ccccc1)N1CCCc2ccc3c(c21)N(C(=S)c1ccccc1)CCC3. The van der Waals surface area contributed by atoms with Gasteiger partial charge in [-0.3, -0.25) is 0 Å². The Morgan fingerprint density at radius 2 is 0.480 bits per heavy atom. The lowest BCUT2D eigenvalue weighted by Crippen LogP contribution is -2.54. The van der Waals surface area contributed by atoms with E-state index in [-0.39, 0.29) is 0 Å². The van der Waals surface area contributed by atoms with Crippen molar-refractivity contribution in [3.63, 3.8) is 0 Å². The predicted octanol–water partition coefficient (Wildman–Crippen LogP) is 16.7. The van der Waals surface area contributed by atoms with Gasteiger partial charge in [-0.1, -0.05) is 340 Å². The maximum atomic E-state index is 12.6. The number of fused-ring (bicyclic) bond motifs is 3. The standard InChI is InChI=1S/2C31H30O4.C26H24N2S2/c2*1-29(2)34-27(30(32,23-15-7-3-8-16-23)24-17-9-4-10-18-24)28(35-29)31(33,25-19-11-5-12-20-25)26-21-13-6-14-22-26;29-25(21-9-3-1-4-10-21)27-17-7-13-19-15-16-20-14-8-18-28(24(20)23(19)27)26(30)22-11-5-2-6-12-22/h2*3-22,27-28,32-33H,1-2H3;1-6,9-12,15-16H,7-8,13-14,17-18H2/t2*27-,28-;/m11./s1. The summed E-state index contributed by atoms with van der Waals surface area (Å²) in [4.78, 5) is 6.52. The fraction of sp³-hybridized carbons (Fsp3) is 0.227. The van der Waals surface area contributed by atoms with Crippen molar-refractivity contribution in [3.8, 4) is 0 Å². The second-order valence-corrected chi connectivity index (χ2v) is 27.7. The van der Waals surface area contributed by atoms with Crippen molar-refractivity contribution in [2.75, 3.05) is 22.9 Å². The van der Waals surface area contributed by atoms with Gasteiger partial charge >= 0.3 is 0 Å². The predicted molar refractivity (Wildman–Crippen MR) is 405 cm³/mol. The first-order valence-electron chi connectivity index (χ1n) is 34.4. The van der Waals surface area contributed by atoms with E-state index >= 15 is 0 Å². The highest BCUT2D eigenvalue weighted by molar-refractivity contribution is 7.81. The summed E-state index contributed by atoms with van der Waals surface area (Å²) in [5.41, 5.74) is 6.37. The minimum atomic E-state index is -1.60. The molecule has 2 saturated heterocycles. The lowest BCUT2D eigenvalue weighted by atomic mass is 9.72. The fourth-order valence-corrected chi connectivity index (χ4v) is 15.5. The summed E-state index contributed by atoms with van der Waals surface area (Å²) in [6, 6.07) is 101. The normalized spacial score (nSPS) is 18.6. The number of benzene rings is 11. The van der Waals surface area contributed by atoms with Crippen LogP contribution in [0.1, 0.15) is 107 Å². The van der Waals surface area contributed by atoms with Gasteiger partial charge < -0.3 is 49.2 Å². The first kappa shape index (κ1) is 69.4. The molecule has 4 atom stereocenters. The molecule has 4 aliphatic rings. The molecule has 0 saturated carbocycles. The van der Waals surface area contributed by atoms with Crippen molar-refractivity contribution < 1.29 is 39.4 Å². The number of aryl methyl sites for hydroxylation is 2. The molecule has 10 nitrogen and oxygen atoms in total. The average molecular weight is 1360 g/mol. The molecule has 0 bridgehead atoms. The van der Waals surface area contributed by atoms with Crippen LogP contribution in [0.4, 0.5) is 11.4 Å². The molecular weight excluding hydrogens is 1280 g/mol. The minimum absolute atomic E-state index is 0.658. The van der Waals surface area contributed by atoms with Gasteiger partial charge in [0.25, 0.3) is 0 Å². The topological polar surface area (TPSA) is 124 Å². The molecule has 4 aliphatic heterocycles. The Balaban J connectivity index is 0.000000135. The van der Waals surface area contributed by atoms with Gasteiger partial charge in [0.2, 0.25) is 0 Å². The van der Waals surface area contributed by atoms with Crippen LogP contribution in [0.5, 0.6) is 0 Å². The second kappa shape index (κ2) is 29.6. The molecule has 0 amide bonds. The number of nitrogens with zero attached hydrogens (tertiary/aromatic N) is 2. The zero-order valence-corrected chi connectivity index (χ0v) is 58.3. The molecule has 0 aliphatic carbocycles. The smallest absolute Gasteiger partial charge is 0.164 e. The van der Waals surface area contributed by atoms with Crippen LogP contribution in [0.15, 0.2) is 315 Å². The zero-order chi connectivity index (χ0) is 69.5.